The Morgan fingerprint density at radius 3 is 2.82 bits per heavy atom. The van der Waals surface area contributed by atoms with E-state index in [1.807, 2.05) is 30.5 Å². The average Bonchev–Trinajstić information content (AvgIpc) is 3.01. The van der Waals surface area contributed by atoms with Crippen LogP contribution in [0.5, 0.6) is 5.75 Å². The molecule has 0 aliphatic carbocycles. The Kier molecular flexibility index (Phi) is 6.66. The van der Waals surface area contributed by atoms with E-state index in [0.29, 0.717) is 31.0 Å². The molecule has 3 heterocycles. The van der Waals surface area contributed by atoms with Crippen LogP contribution in [0.4, 0.5) is 0 Å². The van der Waals surface area contributed by atoms with Gasteiger partial charge in [0.2, 0.25) is 0 Å². The van der Waals surface area contributed by atoms with Crippen molar-refractivity contribution >= 4 is 5.91 Å². The van der Waals surface area contributed by atoms with Gasteiger partial charge in [-0.1, -0.05) is 42.2 Å². The molecule has 174 valence electrons. The number of carbonyl (C=O) groups is 1. The summed E-state index contributed by atoms with van der Waals surface area (Å²) in [7, 11) is 0. The molecule has 0 bridgehead atoms. The normalized spacial score (nSPS) is 18.3. The highest BCUT2D eigenvalue weighted by Crippen LogP contribution is 2.25. The van der Waals surface area contributed by atoms with E-state index in [1.54, 1.807) is 11.0 Å². The van der Waals surface area contributed by atoms with Gasteiger partial charge in [0.15, 0.2) is 0 Å². The number of allylic oxidation sites excluding steroid dienone is 2. The number of nitrogens with zero attached hydrogens (tertiary/aromatic N) is 2. The number of rotatable bonds is 4. The number of ether oxygens (including phenoxy) is 1. The molecule has 3 aliphatic rings. The molecule has 1 unspecified atom stereocenters. The van der Waals surface area contributed by atoms with Gasteiger partial charge < -0.3 is 20.1 Å². The van der Waals surface area contributed by atoms with E-state index in [9.17, 15) is 9.90 Å². The Morgan fingerprint density at radius 2 is 1.97 bits per heavy atom. The standard InChI is InChI=1S/C28H29N3O3/c32-25(19-30-13-11-23-5-1-2-6-24(23)18-30)20-31-14-15-34-27-16-21(9-10-26(27)28(31)33)7-8-22-4-3-12-29-17-22/h1-6,9-10,16-17,25,29,32H,11-15,18-20H2. The molecule has 2 aromatic rings. The molecule has 0 fully saturated rings. The number of dihydropyridines is 1. The lowest BCUT2D eigenvalue weighted by molar-refractivity contribution is 0.0501. The van der Waals surface area contributed by atoms with Crippen molar-refractivity contribution < 1.29 is 14.6 Å². The largest absolute Gasteiger partial charge is 0.491 e. The molecule has 1 atom stereocenters. The first-order valence-electron chi connectivity index (χ1n) is 11.8. The number of amides is 1. The number of nitrogens with one attached hydrogen (secondary N) is 1. The molecule has 0 spiro atoms. The Morgan fingerprint density at radius 1 is 1.09 bits per heavy atom. The molecule has 0 radical (unpaired) electrons. The molecule has 34 heavy (non-hydrogen) atoms. The molecule has 0 aromatic heterocycles. The molecule has 0 saturated carbocycles. The third kappa shape index (κ3) is 5.17. The number of aliphatic hydroxyl groups excluding tert-OH is 1. The molecule has 0 saturated heterocycles. The second-order valence-corrected chi connectivity index (χ2v) is 8.88. The van der Waals surface area contributed by atoms with Crippen LogP contribution < -0.4 is 10.1 Å². The zero-order chi connectivity index (χ0) is 23.3. The second-order valence-electron chi connectivity index (χ2n) is 8.88. The van der Waals surface area contributed by atoms with Gasteiger partial charge >= 0.3 is 0 Å². The molecule has 3 aliphatic heterocycles. The van der Waals surface area contributed by atoms with E-state index in [4.69, 9.17) is 4.74 Å². The number of β-amino-alcohol motifs (C(OH)–C–C–N with tert-alkyl or cyclic N) is 1. The van der Waals surface area contributed by atoms with Gasteiger partial charge in [-0.3, -0.25) is 9.69 Å². The van der Waals surface area contributed by atoms with Crippen LogP contribution in [0, 0.1) is 11.8 Å². The van der Waals surface area contributed by atoms with Crippen LogP contribution >= 0.6 is 0 Å². The highest BCUT2D eigenvalue weighted by molar-refractivity contribution is 5.97. The third-order valence-electron chi connectivity index (χ3n) is 6.37. The van der Waals surface area contributed by atoms with Crippen LogP contribution in [-0.4, -0.2) is 66.2 Å². The number of hydrogen-bond acceptors (Lipinski definition) is 5. The van der Waals surface area contributed by atoms with Crippen molar-refractivity contribution in [3.05, 3.63) is 88.6 Å². The molecule has 6 heteroatoms. The van der Waals surface area contributed by atoms with Crippen molar-refractivity contribution in [1.82, 2.24) is 15.1 Å². The number of fused-ring (bicyclic) bond motifs is 2. The minimum Gasteiger partial charge on any atom is -0.491 e. The number of hydrogen-bond donors (Lipinski definition) is 2. The lowest BCUT2D eigenvalue weighted by Gasteiger charge is -2.32. The lowest BCUT2D eigenvalue weighted by Crippen LogP contribution is -2.44. The molecular formula is C28H29N3O3. The van der Waals surface area contributed by atoms with Crippen LogP contribution in [0.3, 0.4) is 0 Å². The Balaban J connectivity index is 1.22. The fourth-order valence-corrected chi connectivity index (χ4v) is 4.62. The highest BCUT2D eigenvalue weighted by Gasteiger charge is 2.27. The predicted molar refractivity (Wildman–Crippen MR) is 131 cm³/mol. The summed E-state index contributed by atoms with van der Waals surface area (Å²) in [6.45, 7) is 4.22. The SMILES string of the molecule is O=C1c2ccc(C#CC3=CNCC=C3)cc2OCCN1CC(O)CN1CCc2ccccc2C1. The van der Waals surface area contributed by atoms with Crippen molar-refractivity contribution in [3.63, 3.8) is 0 Å². The summed E-state index contributed by atoms with van der Waals surface area (Å²) in [5.41, 5.74) is 4.93. The number of carbonyl (C=O) groups excluding carboxylic acids is 1. The number of benzene rings is 2. The monoisotopic (exact) mass is 455 g/mol. The summed E-state index contributed by atoms with van der Waals surface area (Å²) in [5, 5.41) is 13.9. The van der Waals surface area contributed by atoms with Crippen LogP contribution in [-0.2, 0) is 13.0 Å². The fraction of sp³-hybridized carbons (Fsp3) is 0.321. The molecule has 1 amide bonds. The van der Waals surface area contributed by atoms with Gasteiger partial charge in [-0.25, -0.2) is 0 Å². The zero-order valence-corrected chi connectivity index (χ0v) is 19.2. The molecule has 2 N–H and O–H groups in total. The lowest BCUT2D eigenvalue weighted by atomic mass is 10.00. The van der Waals surface area contributed by atoms with E-state index >= 15 is 0 Å². The van der Waals surface area contributed by atoms with Crippen molar-refractivity contribution in [2.75, 3.05) is 39.3 Å². The van der Waals surface area contributed by atoms with Gasteiger partial charge in [0, 0.05) is 50.1 Å². The van der Waals surface area contributed by atoms with Gasteiger partial charge in [-0.2, -0.15) is 0 Å². The summed E-state index contributed by atoms with van der Waals surface area (Å²) in [6, 6.07) is 13.9. The molecule has 5 rings (SSSR count). The van der Waals surface area contributed by atoms with Gasteiger partial charge in [0.25, 0.3) is 5.91 Å². The summed E-state index contributed by atoms with van der Waals surface area (Å²) in [5.74, 6) is 6.70. The first-order chi connectivity index (χ1) is 16.7. The van der Waals surface area contributed by atoms with Gasteiger partial charge in [-0.15, -0.1) is 0 Å². The molecule has 6 nitrogen and oxygen atoms in total. The maximum absolute atomic E-state index is 13.2. The Hall–Kier alpha value is -3.53. The predicted octanol–water partition coefficient (Wildman–Crippen LogP) is 2.34. The summed E-state index contributed by atoms with van der Waals surface area (Å²) in [4.78, 5) is 17.2. The van der Waals surface area contributed by atoms with Crippen LogP contribution in [0.25, 0.3) is 0 Å². The van der Waals surface area contributed by atoms with Crippen LogP contribution in [0.1, 0.15) is 27.0 Å². The first-order valence-corrected chi connectivity index (χ1v) is 11.8. The highest BCUT2D eigenvalue weighted by atomic mass is 16.5. The molecular weight excluding hydrogens is 426 g/mol. The Labute approximate surface area is 200 Å². The number of aliphatic hydroxyl groups is 1. The smallest absolute Gasteiger partial charge is 0.257 e. The quantitative estimate of drug-likeness (QED) is 0.693. The Bertz CT molecular complexity index is 1190. The third-order valence-corrected chi connectivity index (χ3v) is 6.37. The van der Waals surface area contributed by atoms with Crippen LogP contribution in [0.15, 0.2) is 66.4 Å². The topological polar surface area (TPSA) is 65.0 Å². The van der Waals surface area contributed by atoms with Gasteiger partial charge in [0.05, 0.1) is 18.2 Å². The minimum absolute atomic E-state index is 0.114. The van der Waals surface area contributed by atoms with Gasteiger partial charge in [-0.05, 0) is 41.8 Å². The van der Waals surface area contributed by atoms with Crippen LogP contribution in [0.2, 0.25) is 0 Å². The summed E-state index contributed by atoms with van der Waals surface area (Å²) in [6.07, 6.45) is 6.27. The summed E-state index contributed by atoms with van der Waals surface area (Å²) >= 11 is 0. The van der Waals surface area contributed by atoms with Crippen molar-refractivity contribution in [2.45, 2.75) is 19.1 Å². The summed E-state index contributed by atoms with van der Waals surface area (Å²) < 4.78 is 5.89. The van der Waals surface area contributed by atoms with E-state index in [1.165, 1.54) is 11.1 Å². The fourth-order valence-electron chi connectivity index (χ4n) is 4.62. The van der Waals surface area contributed by atoms with E-state index in [-0.39, 0.29) is 12.5 Å². The minimum atomic E-state index is -0.619. The van der Waals surface area contributed by atoms with Crippen molar-refractivity contribution in [1.29, 1.82) is 0 Å². The van der Waals surface area contributed by atoms with Crippen molar-refractivity contribution in [2.24, 2.45) is 0 Å². The second kappa shape index (κ2) is 10.2. The molecule has 2 aromatic carbocycles. The zero-order valence-electron chi connectivity index (χ0n) is 19.2. The average molecular weight is 456 g/mol. The maximum Gasteiger partial charge on any atom is 0.257 e. The van der Waals surface area contributed by atoms with E-state index < -0.39 is 6.10 Å². The van der Waals surface area contributed by atoms with Gasteiger partial charge in [0.1, 0.15) is 12.4 Å². The van der Waals surface area contributed by atoms with Crippen molar-refractivity contribution in [3.8, 4) is 17.6 Å². The first kappa shape index (κ1) is 22.3. The maximum atomic E-state index is 13.2. The van der Waals surface area contributed by atoms with E-state index in [2.05, 4.69) is 46.3 Å². The van der Waals surface area contributed by atoms with E-state index in [0.717, 1.165) is 37.2 Å².